The molecular weight excluding hydrogens is 220 g/mol. The topological polar surface area (TPSA) is 106 Å². The minimum atomic E-state index is -0.355. The third-order valence-electron chi connectivity index (χ3n) is 2.01. The van der Waals surface area contributed by atoms with Crippen LogP contribution in [-0.2, 0) is 0 Å². The van der Waals surface area contributed by atoms with Crippen LogP contribution in [0.1, 0.15) is 10.4 Å². The van der Waals surface area contributed by atoms with Crippen LogP contribution in [0.3, 0.4) is 0 Å². The van der Waals surface area contributed by atoms with Crippen molar-refractivity contribution in [1.29, 1.82) is 0 Å². The van der Waals surface area contributed by atoms with E-state index in [4.69, 9.17) is 5.84 Å². The van der Waals surface area contributed by atoms with Crippen LogP contribution in [0.25, 0.3) is 0 Å². The summed E-state index contributed by atoms with van der Waals surface area (Å²) in [7, 11) is 0. The summed E-state index contributed by atoms with van der Waals surface area (Å²) in [6, 6.07) is 3.21. The molecule has 0 aliphatic carbocycles. The average Bonchev–Trinajstić information content (AvgIpc) is 2.40. The van der Waals surface area contributed by atoms with E-state index in [0.29, 0.717) is 11.3 Å². The molecule has 0 unspecified atom stereocenters. The number of nitrogens with two attached hydrogens (primary N) is 1. The first-order valence-corrected chi connectivity index (χ1v) is 4.80. The summed E-state index contributed by atoms with van der Waals surface area (Å²) in [4.78, 5) is 23.5. The van der Waals surface area contributed by atoms with Crippen molar-refractivity contribution in [3.63, 3.8) is 0 Å². The standard InChI is InChI=1S/C10H10N6O/c11-16-8-6-12-5-2-7(8)9(17)15-10-13-3-1-4-14-10/h1-6,16H,11H2,(H,13,14,15,17). The van der Waals surface area contributed by atoms with Gasteiger partial charge in [-0.05, 0) is 12.1 Å². The van der Waals surface area contributed by atoms with Crippen LogP contribution in [0, 0.1) is 0 Å². The second kappa shape index (κ2) is 4.99. The second-order valence-corrected chi connectivity index (χ2v) is 3.09. The monoisotopic (exact) mass is 230 g/mol. The molecule has 0 atom stereocenters. The van der Waals surface area contributed by atoms with Gasteiger partial charge < -0.3 is 5.43 Å². The van der Waals surface area contributed by atoms with Crippen molar-refractivity contribution < 1.29 is 4.79 Å². The molecule has 0 radical (unpaired) electrons. The number of hydrogen-bond donors (Lipinski definition) is 3. The Hall–Kier alpha value is -2.54. The molecule has 0 saturated carbocycles. The van der Waals surface area contributed by atoms with Crippen LogP contribution in [0.15, 0.2) is 36.9 Å². The number of hydrazine groups is 1. The van der Waals surface area contributed by atoms with Crippen molar-refractivity contribution in [3.8, 4) is 0 Å². The van der Waals surface area contributed by atoms with Crippen molar-refractivity contribution in [3.05, 3.63) is 42.5 Å². The number of hydrogen-bond acceptors (Lipinski definition) is 6. The lowest BCUT2D eigenvalue weighted by Gasteiger charge is -2.07. The molecular formula is C10H10N6O. The Morgan fingerprint density at radius 2 is 2.00 bits per heavy atom. The molecule has 2 aromatic rings. The minimum absolute atomic E-state index is 0.234. The number of anilines is 2. The van der Waals surface area contributed by atoms with E-state index in [-0.39, 0.29) is 11.9 Å². The van der Waals surface area contributed by atoms with Gasteiger partial charge in [-0.2, -0.15) is 0 Å². The summed E-state index contributed by atoms with van der Waals surface area (Å²) in [6.45, 7) is 0. The second-order valence-electron chi connectivity index (χ2n) is 3.09. The number of carbonyl (C=O) groups excluding carboxylic acids is 1. The highest BCUT2D eigenvalue weighted by Gasteiger charge is 2.11. The van der Waals surface area contributed by atoms with Crippen molar-refractivity contribution in [2.24, 2.45) is 5.84 Å². The molecule has 7 heteroatoms. The van der Waals surface area contributed by atoms with Crippen LogP contribution in [0.2, 0.25) is 0 Å². The van der Waals surface area contributed by atoms with E-state index in [1.54, 1.807) is 12.1 Å². The summed E-state index contributed by atoms with van der Waals surface area (Å²) in [5.74, 6) is 5.16. The Morgan fingerprint density at radius 3 is 2.71 bits per heavy atom. The number of rotatable bonds is 3. The van der Waals surface area contributed by atoms with Gasteiger partial charge in [-0.3, -0.25) is 20.9 Å². The highest BCUT2D eigenvalue weighted by Crippen LogP contribution is 2.12. The zero-order chi connectivity index (χ0) is 12.1. The highest BCUT2D eigenvalue weighted by molar-refractivity contribution is 6.07. The minimum Gasteiger partial charge on any atom is -0.322 e. The summed E-state index contributed by atoms with van der Waals surface area (Å²) in [5.41, 5.74) is 3.20. The average molecular weight is 230 g/mol. The van der Waals surface area contributed by atoms with Gasteiger partial charge in [0.15, 0.2) is 0 Å². The Bertz CT molecular complexity index is 515. The number of nitrogens with one attached hydrogen (secondary N) is 2. The van der Waals surface area contributed by atoms with Gasteiger partial charge in [-0.25, -0.2) is 9.97 Å². The number of carbonyl (C=O) groups is 1. The summed E-state index contributed by atoms with van der Waals surface area (Å²) in [5, 5.41) is 2.55. The fraction of sp³-hybridized carbons (Fsp3) is 0. The van der Waals surface area contributed by atoms with Crippen LogP contribution < -0.4 is 16.6 Å². The summed E-state index contributed by atoms with van der Waals surface area (Å²) >= 11 is 0. The summed E-state index contributed by atoms with van der Waals surface area (Å²) < 4.78 is 0. The van der Waals surface area contributed by atoms with E-state index in [0.717, 1.165) is 0 Å². The van der Waals surface area contributed by atoms with E-state index in [1.807, 2.05) is 0 Å². The Morgan fingerprint density at radius 1 is 1.24 bits per heavy atom. The Kier molecular flexibility index (Phi) is 3.22. The quantitative estimate of drug-likeness (QED) is 0.521. The SMILES string of the molecule is NNc1cnccc1C(=O)Nc1ncccn1. The zero-order valence-corrected chi connectivity index (χ0v) is 8.79. The third kappa shape index (κ3) is 2.52. The van der Waals surface area contributed by atoms with Gasteiger partial charge in [0, 0.05) is 18.6 Å². The first-order chi connectivity index (χ1) is 8.31. The third-order valence-corrected chi connectivity index (χ3v) is 2.01. The molecule has 2 rings (SSSR count). The van der Waals surface area contributed by atoms with Crippen LogP contribution in [0.5, 0.6) is 0 Å². The normalized spacial score (nSPS) is 9.71. The predicted octanol–water partition coefficient (Wildman–Crippen LogP) is 0.409. The van der Waals surface area contributed by atoms with Gasteiger partial charge in [0.1, 0.15) is 0 Å². The van der Waals surface area contributed by atoms with E-state index < -0.39 is 0 Å². The van der Waals surface area contributed by atoms with E-state index in [1.165, 1.54) is 24.8 Å². The lowest BCUT2D eigenvalue weighted by atomic mass is 10.2. The molecule has 2 aromatic heterocycles. The fourth-order valence-corrected chi connectivity index (χ4v) is 1.24. The summed E-state index contributed by atoms with van der Waals surface area (Å²) in [6.07, 6.45) is 6.04. The Balaban J connectivity index is 2.20. The van der Waals surface area contributed by atoms with Crippen molar-refractivity contribution in [2.45, 2.75) is 0 Å². The molecule has 0 aromatic carbocycles. The van der Waals surface area contributed by atoms with Gasteiger partial charge >= 0.3 is 0 Å². The van der Waals surface area contributed by atoms with Gasteiger partial charge in [-0.15, -0.1) is 0 Å². The molecule has 0 aliphatic heterocycles. The van der Waals surface area contributed by atoms with Gasteiger partial charge in [0.2, 0.25) is 5.95 Å². The van der Waals surface area contributed by atoms with E-state index >= 15 is 0 Å². The lowest BCUT2D eigenvalue weighted by molar-refractivity contribution is 0.102. The number of nitrogens with zero attached hydrogens (tertiary/aromatic N) is 3. The smallest absolute Gasteiger partial charge is 0.260 e. The predicted molar refractivity (Wildman–Crippen MR) is 62.0 cm³/mol. The van der Waals surface area contributed by atoms with Gasteiger partial charge in [0.25, 0.3) is 5.91 Å². The molecule has 0 aliphatic rings. The maximum absolute atomic E-state index is 11.9. The van der Waals surface area contributed by atoms with Crippen molar-refractivity contribution >= 4 is 17.5 Å². The fourth-order valence-electron chi connectivity index (χ4n) is 1.24. The maximum Gasteiger partial charge on any atom is 0.260 e. The molecule has 0 saturated heterocycles. The van der Waals surface area contributed by atoms with Crippen molar-refractivity contribution in [2.75, 3.05) is 10.7 Å². The van der Waals surface area contributed by atoms with Gasteiger partial charge in [-0.1, -0.05) is 0 Å². The first-order valence-electron chi connectivity index (χ1n) is 4.80. The number of amides is 1. The molecule has 86 valence electrons. The Labute approximate surface area is 97.1 Å². The lowest BCUT2D eigenvalue weighted by Crippen LogP contribution is -2.18. The van der Waals surface area contributed by atoms with Gasteiger partial charge in [0.05, 0.1) is 17.4 Å². The molecule has 0 spiro atoms. The molecule has 17 heavy (non-hydrogen) atoms. The van der Waals surface area contributed by atoms with Crippen LogP contribution in [0.4, 0.5) is 11.6 Å². The largest absolute Gasteiger partial charge is 0.322 e. The molecule has 0 bridgehead atoms. The molecule has 7 nitrogen and oxygen atoms in total. The molecule has 1 amide bonds. The zero-order valence-electron chi connectivity index (χ0n) is 8.79. The highest BCUT2D eigenvalue weighted by atomic mass is 16.1. The van der Waals surface area contributed by atoms with E-state index in [9.17, 15) is 4.79 Å². The number of aromatic nitrogens is 3. The number of nitrogen functional groups attached to an aromatic ring is 1. The maximum atomic E-state index is 11.9. The molecule has 2 heterocycles. The molecule has 4 N–H and O–H groups in total. The van der Waals surface area contributed by atoms with Crippen molar-refractivity contribution in [1.82, 2.24) is 15.0 Å². The van der Waals surface area contributed by atoms with E-state index in [2.05, 4.69) is 25.7 Å². The first kappa shape index (κ1) is 11.0. The van der Waals surface area contributed by atoms with Crippen LogP contribution in [-0.4, -0.2) is 20.9 Å². The van der Waals surface area contributed by atoms with Crippen LogP contribution >= 0.6 is 0 Å². The molecule has 0 fully saturated rings. The number of pyridine rings is 1.